The molecule has 21 heavy (non-hydrogen) atoms. The van der Waals surface area contributed by atoms with E-state index in [0.717, 1.165) is 12.8 Å². The summed E-state index contributed by atoms with van der Waals surface area (Å²) < 4.78 is 38.4. The highest BCUT2D eigenvalue weighted by atomic mass is 19.4. The van der Waals surface area contributed by atoms with Crippen LogP contribution >= 0.6 is 0 Å². The number of hydrogen-bond donors (Lipinski definition) is 0. The molecule has 2 aliphatic heterocycles. The first-order valence-corrected chi connectivity index (χ1v) is 7.51. The molecule has 1 aliphatic carbocycles. The van der Waals surface area contributed by atoms with E-state index in [-0.39, 0.29) is 37.2 Å². The number of halogens is 3. The van der Waals surface area contributed by atoms with Gasteiger partial charge in [-0.3, -0.25) is 9.59 Å². The van der Waals surface area contributed by atoms with Crippen molar-refractivity contribution in [2.75, 3.05) is 19.6 Å². The molecule has 1 saturated carbocycles. The van der Waals surface area contributed by atoms with Crippen LogP contribution in [0.15, 0.2) is 0 Å². The standard InChI is InChI=1S/C14H19F3N2O2/c15-14(16,17)10-2-1-5-18(8-10)13(21)9-6-12(20)19(7-9)11-3-4-11/h9-11H,1-8H2/t9-,10-/m0/s1. The Balaban J connectivity index is 1.61. The van der Waals surface area contributed by atoms with Crippen LogP contribution < -0.4 is 0 Å². The summed E-state index contributed by atoms with van der Waals surface area (Å²) in [5.41, 5.74) is 0. The van der Waals surface area contributed by atoms with Crippen molar-refractivity contribution in [2.24, 2.45) is 11.8 Å². The van der Waals surface area contributed by atoms with E-state index in [1.165, 1.54) is 4.90 Å². The van der Waals surface area contributed by atoms with Crippen LogP contribution in [0, 0.1) is 11.8 Å². The lowest BCUT2D eigenvalue weighted by atomic mass is 9.96. The number of likely N-dealkylation sites (tertiary alicyclic amines) is 2. The van der Waals surface area contributed by atoms with Gasteiger partial charge in [-0.15, -0.1) is 0 Å². The van der Waals surface area contributed by atoms with E-state index >= 15 is 0 Å². The number of piperidine rings is 1. The summed E-state index contributed by atoms with van der Waals surface area (Å²) >= 11 is 0. The Labute approximate surface area is 121 Å². The van der Waals surface area contributed by atoms with Crippen molar-refractivity contribution in [1.29, 1.82) is 0 Å². The Morgan fingerprint density at radius 1 is 1.14 bits per heavy atom. The van der Waals surface area contributed by atoms with Crippen LogP contribution in [-0.2, 0) is 9.59 Å². The van der Waals surface area contributed by atoms with E-state index in [9.17, 15) is 22.8 Å². The summed E-state index contributed by atoms with van der Waals surface area (Å²) in [5, 5.41) is 0. The molecule has 2 heterocycles. The molecule has 0 bridgehead atoms. The van der Waals surface area contributed by atoms with E-state index < -0.39 is 18.0 Å². The number of carbonyl (C=O) groups is 2. The number of amides is 2. The van der Waals surface area contributed by atoms with Gasteiger partial charge < -0.3 is 9.80 Å². The number of alkyl halides is 3. The third-order valence-electron chi connectivity index (χ3n) is 4.69. The highest BCUT2D eigenvalue weighted by Crippen LogP contribution is 2.36. The van der Waals surface area contributed by atoms with Gasteiger partial charge in [0.2, 0.25) is 11.8 Å². The molecular formula is C14H19F3N2O2. The minimum absolute atomic E-state index is 0.0276. The molecule has 3 aliphatic rings. The summed E-state index contributed by atoms with van der Waals surface area (Å²) in [6.45, 7) is 0.505. The highest BCUT2D eigenvalue weighted by Gasteiger charge is 2.46. The second kappa shape index (κ2) is 5.18. The zero-order valence-corrected chi connectivity index (χ0v) is 11.7. The summed E-state index contributed by atoms with van der Waals surface area (Å²) in [5.74, 6) is -2.18. The fourth-order valence-electron chi connectivity index (χ4n) is 3.34. The van der Waals surface area contributed by atoms with Crippen LogP contribution in [0.5, 0.6) is 0 Å². The minimum atomic E-state index is -4.25. The van der Waals surface area contributed by atoms with Gasteiger partial charge in [-0.05, 0) is 25.7 Å². The largest absolute Gasteiger partial charge is 0.393 e. The zero-order valence-electron chi connectivity index (χ0n) is 11.7. The van der Waals surface area contributed by atoms with Crippen LogP contribution in [0.2, 0.25) is 0 Å². The predicted molar refractivity (Wildman–Crippen MR) is 68.2 cm³/mol. The molecule has 0 spiro atoms. The van der Waals surface area contributed by atoms with Crippen molar-refractivity contribution in [1.82, 2.24) is 9.80 Å². The van der Waals surface area contributed by atoms with Gasteiger partial charge in [0.25, 0.3) is 0 Å². The van der Waals surface area contributed by atoms with Gasteiger partial charge in [-0.25, -0.2) is 0 Å². The minimum Gasteiger partial charge on any atom is -0.342 e. The first-order chi connectivity index (χ1) is 9.86. The lowest BCUT2D eigenvalue weighted by Gasteiger charge is -2.35. The maximum Gasteiger partial charge on any atom is 0.393 e. The Bertz CT molecular complexity index is 448. The molecule has 3 fully saturated rings. The normalized spacial score (nSPS) is 30.9. The number of carbonyl (C=O) groups excluding carboxylic acids is 2. The van der Waals surface area contributed by atoms with Gasteiger partial charge in [0.1, 0.15) is 0 Å². The third kappa shape index (κ3) is 3.01. The average molecular weight is 304 g/mol. The molecule has 2 amide bonds. The molecule has 2 saturated heterocycles. The quantitative estimate of drug-likeness (QED) is 0.780. The van der Waals surface area contributed by atoms with E-state index in [0.29, 0.717) is 19.5 Å². The van der Waals surface area contributed by atoms with E-state index in [4.69, 9.17) is 0 Å². The lowest BCUT2D eigenvalue weighted by molar-refractivity contribution is -0.188. The molecule has 118 valence electrons. The fourth-order valence-corrected chi connectivity index (χ4v) is 3.34. The molecule has 0 unspecified atom stereocenters. The monoisotopic (exact) mass is 304 g/mol. The first-order valence-electron chi connectivity index (χ1n) is 7.51. The average Bonchev–Trinajstić information content (AvgIpc) is 3.20. The SMILES string of the molecule is O=C([C@H]1CC(=O)N(C2CC2)C1)N1CCC[C@H](C(F)(F)F)C1. The Morgan fingerprint density at radius 2 is 1.86 bits per heavy atom. The number of rotatable bonds is 2. The summed E-state index contributed by atoms with van der Waals surface area (Å²) in [6.07, 6.45) is -1.67. The molecule has 0 aromatic rings. The van der Waals surface area contributed by atoms with Gasteiger partial charge >= 0.3 is 6.18 Å². The highest BCUT2D eigenvalue weighted by molar-refractivity contribution is 5.89. The summed E-state index contributed by atoms with van der Waals surface area (Å²) in [6, 6.07) is 0.263. The molecule has 0 aromatic heterocycles. The summed E-state index contributed by atoms with van der Waals surface area (Å²) in [7, 11) is 0. The molecule has 3 rings (SSSR count). The lowest BCUT2D eigenvalue weighted by Crippen LogP contribution is -2.47. The Morgan fingerprint density at radius 3 is 2.48 bits per heavy atom. The molecule has 2 atom stereocenters. The van der Waals surface area contributed by atoms with Crippen molar-refractivity contribution in [3.8, 4) is 0 Å². The van der Waals surface area contributed by atoms with Gasteiger partial charge in [0, 0.05) is 32.1 Å². The van der Waals surface area contributed by atoms with Crippen LogP contribution in [0.4, 0.5) is 13.2 Å². The molecule has 0 N–H and O–H groups in total. The second-order valence-electron chi connectivity index (χ2n) is 6.34. The van der Waals surface area contributed by atoms with Crippen molar-refractivity contribution in [2.45, 2.75) is 44.3 Å². The van der Waals surface area contributed by atoms with E-state index in [1.54, 1.807) is 4.90 Å². The van der Waals surface area contributed by atoms with Crippen LogP contribution in [-0.4, -0.2) is 53.5 Å². The van der Waals surface area contributed by atoms with Crippen molar-refractivity contribution < 1.29 is 22.8 Å². The Hall–Kier alpha value is -1.27. The molecule has 7 heteroatoms. The van der Waals surface area contributed by atoms with Crippen molar-refractivity contribution >= 4 is 11.8 Å². The van der Waals surface area contributed by atoms with Gasteiger partial charge in [-0.2, -0.15) is 13.2 Å². The van der Waals surface area contributed by atoms with Gasteiger partial charge in [-0.1, -0.05) is 0 Å². The molecule has 0 aromatic carbocycles. The number of hydrogen-bond acceptors (Lipinski definition) is 2. The van der Waals surface area contributed by atoms with E-state index in [2.05, 4.69) is 0 Å². The second-order valence-corrected chi connectivity index (χ2v) is 6.34. The Kier molecular flexibility index (Phi) is 3.61. The summed E-state index contributed by atoms with van der Waals surface area (Å²) in [4.78, 5) is 27.3. The molecule has 0 radical (unpaired) electrons. The van der Waals surface area contributed by atoms with Crippen LogP contribution in [0.3, 0.4) is 0 Å². The van der Waals surface area contributed by atoms with E-state index in [1.807, 2.05) is 0 Å². The fraction of sp³-hybridized carbons (Fsp3) is 0.857. The van der Waals surface area contributed by atoms with Crippen LogP contribution in [0.25, 0.3) is 0 Å². The van der Waals surface area contributed by atoms with Crippen molar-refractivity contribution in [3.63, 3.8) is 0 Å². The van der Waals surface area contributed by atoms with Crippen LogP contribution in [0.1, 0.15) is 32.1 Å². The third-order valence-corrected chi connectivity index (χ3v) is 4.69. The van der Waals surface area contributed by atoms with Gasteiger partial charge in [0.15, 0.2) is 0 Å². The zero-order chi connectivity index (χ0) is 15.2. The topological polar surface area (TPSA) is 40.6 Å². The van der Waals surface area contributed by atoms with Gasteiger partial charge in [0.05, 0.1) is 11.8 Å². The molecular weight excluding hydrogens is 285 g/mol. The smallest absolute Gasteiger partial charge is 0.342 e. The predicted octanol–water partition coefficient (Wildman–Crippen LogP) is 1.80. The van der Waals surface area contributed by atoms with Crippen molar-refractivity contribution in [3.05, 3.63) is 0 Å². The maximum atomic E-state index is 12.8. The maximum absolute atomic E-state index is 12.8. The first kappa shape index (κ1) is 14.7. The molecule has 4 nitrogen and oxygen atoms in total. The number of nitrogens with zero attached hydrogens (tertiary/aromatic N) is 2.